The van der Waals surface area contributed by atoms with Crippen molar-refractivity contribution in [3.8, 4) is 0 Å². The number of imidazole rings is 1. The minimum atomic E-state index is 0.865. The van der Waals surface area contributed by atoms with Gasteiger partial charge in [-0.3, -0.25) is 0 Å². The van der Waals surface area contributed by atoms with E-state index in [9.17, 15) is 0 Å². The van der Waals surface area contributed by atoms with Gasteiger partial charge in [0.15, 0.2) is 0 Å². The average molecular weight is 290 g/mol. The molecule has 2 aromatic rings. The molecule has 0 saturated heterocycles. The lowest BCUT2D eigenvalue weighted by atomic mass is 10.3. The monoisotopic (exact) mass is 288 g/mol. The van der Waals surface area contributed by atoms with Gasteiger partial charge in [0.25, 0.3) is 0 Å². The molecule has 12 heavy (non-hydrogen) atoms. The molecule has 0 amide bonds. The Balaban J connectivity index is 2.88. The second kappa shape index (κ2) is 2.85. The molecule has 0 saturated carbocycles. The van der Waals surface area contributed by atoms with Gasteiger partial charge in [-0.2, -0.15) is 0 Å². The van der Waals surface area contributed by atoms with E-state index in [2.05, 4.69) is 42.9 Å². The molecule has 0 aliphatic heterocycles. The number of fused-ring (bicyclic) bond motifs is 1. The summed E-state index contributed by atoms with van der Waals surface area (Å²) in [4.78, 5) is 4.31. The van der Waals surface area contributed by atoms with Crippen LogP contribution in [-0.4, -0.2) is 9.38 Å². The second-order valence-corrected chi connectivity index (χ2v) is 4.36. The molecule has 0 radical (unpaired) electrons. The van der Waals surface area contributed by atoms with Crippen LogP contribution in [0.1, 0.15) is 5.56 Å². The number of halogens is 2. The average Bonchev–Trinajstić information content (AvgIpc) is 2.29. The summed E-state index contributed by atoms with van der Waals surface area (Å²) in [7, 11) is 0. The molecule has 2 rings (SSSR count). The summed E-state index contributed by atoms with van der Waals surface area (Å²) in [6.45, 7) is 2.04. The van der Waals surface area contributed by atoms with Gasteiger partial charge in [0.05, 0.1) is 0 Å². The predicted molar refractivity (Wildman–Crippen MR) is 55.3 cm³/mol. The van der Waals surface area contributed by atoms with Crippen LogP contribution >= 0.6 is 31.9 Å². The van der Waals surface area contributed by atoms with E-state index in [1.165, 1.54) is 0 Å². The molecule has 0 aromatic carbocycles. The third-order valence-corrected chi connectivity index (χ3v) is 2.49. The number of rotatable bonds is 0. The molecule has 0 N–H and O–H groups in total. The van der Waals surface area contributed by atoms with Crippen LogP contribution in [0.5, 0.6) is 0 Å². The Morgan fingerprint density at radius 1 is 1.33 bits per heavy atom. The van der Waals surface area contributed by atoms with Gasteiger partial charge in [-0.15, -0.1) is 0 Å². The maximum Gasteiger partial charge on any atom is 0.141 e. The standard InChI is InChI=1S/C8H6Br2N2/c1-5-2-6(9)3-12-4-7(10)11-8(5)12/h2-4H,1H3. The highest BCUT2D eigenvalue weighted by atomic mass is 79.9. The Kier molecular flexibility index (Phi) is 1.96. The Labute approximate surface area is 86.9 Å². The van der Waals surface area contributed by atoms with E-state index in [1.54, 1.807) is 0 Å². The van der Waals surface area contributed by atoms with Crippen molar-refractivity contribution in [2.45, 2.75) is 6.92 Å². The minimum Gasteiger partial charge on any atom is -0.305 e. The van der Waals surface area contributed by atoms with Gasteiger partial charge in [0.2, 0.25) is 0 Å². The third-order valence-electron chi connectivity index (χ3n) is 1.67. The Bertz CT molecular complexity index is 434. The van der Waals surface area contributed by atoms with E-state index in [0.717, 1.165) is 20.3 Å². The van der Waals surface area contributed by atoms with Gasteiger partial charge in [-0.1, -0.05) is 0 Å². The zero-order valence-corrected chi connectivity index (χ0v) is 9.55. The Morgan fingerprint density at radius 3 is 2.83 bits per heavy atom. The van der Waals surface area contributed by atoms with Crippen LogP contribution < -0.4 is 0 Å². The van der Waals surface area contributed by atoms with E-state index in [4.69, 9.17) is 0 Å². The summed E-state index contributed by atoms with van der Waals surface area (Å²) in [5.74, 6) is 0. The largest absolute Gasteiger partial charge is 0.305 e. The molecule has 62 valence electrons. The van der Waals surface area contributed by atoms with Gasteiger partial charge in [-0.05, 0) is 50.4 Å². The highest BCUT2D eigenvalue weighted by molar-refractivity contribution is 9.10. The molecule has 2 heterocycles. The Hall–Kier alpha value is -0.350. The lowest BCUT2D eigenvalue weighted by Crippen LogP contribution is -1.86. The maximum absolute atomic E-state index is 4.31. The molecule has 0 aliphatic carbocycles. The van der Waals surface area contributed by atoms with Crippen LogP contribution in [0.25, 0.3) is 5.65 Å². The molecule has 4 heteroatoms. The van der Waals surface area contributed by atoms with Crippen molar-refractivity contribution in [2.75, 3.05) is 0 Å². The Morgan fingerprint density at radius 2 is 2.08 bits per heavy atom. The second-order valence-electron chi connectivity index (χ2n) is 2.64. The van der Waals surface area contributed by atoms with Crippen molar-refractivity contribution in [2.24, 2.45) is 0 Å². The predicted octanol–water partition coefficient (Wildman–Crippen LogP) is 3.17. The number of pyridine rings is 1. The summed E-state index contributed by atoms with van der Waals surface area (Å²) in [6.07, 6.45) is 3.92. The topological polar surface area (TPSA) is 17.3 Å². The van der Waals surface area contributed by atoms with Crippen LogP contribution in [-0.2, 0) is 0 Å². The SMILES string of the molecule is Cc1cc(Br)cn2cc(Br)nc12. The van der Waals surface area contributed by atoms with Gasteiger partial charge in [0, 0.05) is 16.9 Å². The smallest absolute Gasteiger partial charge is 0.141 e. The van der Waals surface area contributed by atoms with Crippen LogP contribution in [0.4, 0.5) is 0 Å². The first-order valence-corrected chi connectivity index (χ1v) is 5.06. The third kappa shape index (κ3) is 1.29. The summed E-state index contributed by atoms with van der Waals surface area (Å²) in [6, 6.07) is 2.05. The molecule has 0 atom stereocenters. The zero-order valence-electron chi connectivity index (χ0n) is 6.38. The number of hydrogen-bond acceptors (Lipinski definition) is 1. The fourth-order valence-corrected chi connectivity index (χ4v) is 2.15. The van der Waals surface area contributed by atoms with Crippen LogP contribution in [0.2, 0.25) is 0 Å². The number of aryl methyl sites for hydroxylation is 1. The van der Waals surface area contributed by atoms with Crippen molar-refractivity contribution >= 4 is 37.5 Å². The van der Waals surface area contributed by atoms with E-state index in [0.29, 0.717) is 0 Å². The lowest BCUT2D eigenvalue weighted by Gasteiger charge is -1.97. The highest BCUT2D eigenvalue weighted by Crippen LogP contribution is 2.18. The van der Waals surface area contributed by atoms with Crippen molar-refractivity contribution in [1.29, 1.82) is 0 Å². The maximum atomic E-state index is 4.31. The first-order valence-electron chi connectivity index (χ1n) is 3.47. The molecule has 2 aromatic heterocycles. The van der Waals surface area contributed by atoms with Crippen molar-refractivity contribution in [3.05, 3.63) is 33.1 Å². The van der Waals surface area contributed by atoms with E-state index >= 15 is 0 Å². The number of nitrogens with zero attached hydrogens (tertiary/aromatic N) is 2. The van der Waals surface area contributed by atoms with Gasteiger partial charge in [0.1, 0.15) is 10.3 Å². The highest BCUT2D eigenvalue weighted by Gasteiger charge is 2.02. The van der Waals surface area contributed by atoms with Gasteiger partial charge >= 0.3 is 0 Å². The quantitative estimate of drug-likeness (QED) is 0.728. The van der Waals surface area contributed by atoms with Gasteiger partial charge < -0.3 is 4.40 Å². The van der Waals surface area contributed by atoms with E-state index in [-0.39, 0.29) is 0 Å². The van der Waals surface area contributed by atoms with Crippen LogP contribution in [0.3, 0.4) is 0 Å². The van der Waals surface area contributed by atoms with Crippen LogP contribution in [0, 0.1) is 6.92 Å². The van der Waals surface area contributed by atoms with Crippen LogP contribution in [0.15, 0.2) is 27.5 Å². The molecule has 0 bridgehead atoms. The first kappa shape index (κ1) is 8.26. The molecule has 0 fully saturated rings. The fourth-order valence-electron chi connectivity index (χ4n) is 1.20. The van der Waals surface area contributed by atoms with E-state index in [1.807, 2.05) is 23.7 Å². The summed E-state index contributed by atoms with van der Waals surface area (Å²) >= 11 is 6.76. The number of aromatic nitrogens is 2. The summed E-state index contributed by atoms with van der Waals surface area (Å²) in [5, 5.41) is 0. The van der Waals surface area contributed by atoms with Crippen molar-refractivity contribution < 1.29 is 0 Å². The molecule has 0 aliphatic rings. The number of hydrogen-bond donors (Lipinski definition) is 0. The molecule has 0 unspecified atom stereocenters. The summed E-state index contributed by atoms with van der Waals surface area (Å²) < 4.78 is 3.92. The minimum absolute atomic E-state index is 0.865. The van der Waals surface area contributed by atoms with Crippen molar-refractivity contribution in [1.82, 2.24) is 9.38 Å². The molecule has 2 nitrogen and oxygen atoms in total. The molecular formula is C8H6Br2N2. The van der Waals surface area contributed by atoms with E-state index < -0.39 is 0 Å². The molecule has 0 spiro atoms. The summed E-state index contributed by atoms with van der Waals surface area (Å²) in [5.41, 5.74) is 2.15. The fraction of sp³-hybridized carbons (Fsp3) is 0.125. The normalized spacial score (nSPS) is 10.9. The lowest BCUT2D eigenvalue weighted by molar-refractivity contribution is 1.15. The van der Waals surface area contributed by atoms with Gasteiger partial charge in [-0.25, -0.2) is 4.98 Å². The zero-order chi connectivity index (χ0) is 8.72. The molecular weight excluding hydrogens is 284 g/mol. The van der Waals surface area contributed by atoms with Crippen molar-refractivity contribution in [3.63, 3.8) is 0 Å². The first-order chi connectivity index (χ1) is 5.66.